The van der Waals surface area contributed by atoms with Crippen molar-refractivity contribution >= 4 is 16.3 Å². The molecule has 1 aromatic heterocycles. The van der Waals surface area contributed by atoms with Crippen LogP contribution in [0.4, 0.5) is 5.00 Å². The molecule has 0 saturated heterocycles. The van der Waals surface area contributed by atoms with E-state index in [4.69, 9.17) is 16.1 Å². The molecule has 80 valence electrons. The first kappa shape index (κ1) is 10.7. The van der Waals surface area contributed by atoms with Gasteiger partial charge in [0.15, 0.2) is 0 Å². The number of hydrogen-bond donors (Lipinski definition) is 2. The first-order valence-electron chi connectivity index (χ1n) is 4.74. The maximum atomic E-state index is 8.92. The molecular weight excluding hydrogens is 220 g/mol. The van der Waals surface area contributed by atoms with Crippen molar-refractivity contribution in [2.45, 2.75) is 6.61 Å². The molecule has 1 heterocycles. The van der Waals surface area contributed by atoms with Gasteiger partial charge in [0.1, 0.15) is 11.1 Å². The van der Waals surface area contributed by atoms with Gasteiger partial charge in [-0.3, -0.25) is 0 Å². The first-order valence-corrected chi connectivity index (χ1v) is 5.56. The fraction of sp³-hybridized carbons (Fsp3) is 0.0833. The zero-order chi connectivity index (χ0) is 11.5. The Kier molecular flexibility index (Phi) is 2.91. The standard InChI is InChI=1S/C12H10N2OS/c13-6-10-5-11(16-12(10)14)9-3-1-8(7-15)2-4-9/h1-5,15H,7,14H2. The molecular formula is C12H10N2OS. The van der Waals surface area contributed by atoms with Crippen molar-refractivity contribution in [1.82, 2.24) is 0 Å². The number of hydrogen-bond acceptors (Lipinski definition) is 4. The summed E-state index contributed by atoms with van der Waals surface area (Å²) in [4.78, 5) is 0.971. The molecule has 3 nitrogen and oxygen atoms in total. The predicted molar refractivity (Wildman–Crippen MR) is 64.8 cm³/mol. The van der Waals surface area contributed by atoms with Gasteiger partial charge in [0.25, 0.3) is 0 Å². The van der Waals surface area contributed by atoms with Gasteiger partial charge in [-0.15, -0.1) is 11.3 Å². The van der Waals surface area contributed by atoms with E-state index in [1.165, 1.54) is 11.3 Å². The highest BCUT2D eigenvalue weighted by Gasteiger charge is 2.07. The molecule has 3 N–H and O–H groups in total. The Balaban J connectivity index is 2.39. The summed E-state index contributed by atoms with van der Waals surface area (Å²) in [7, 11) is 0. The molecule has 0 bridgehead atoms. The Hall–Kier alpha value is -1.83. The first-order chi connectivity index (χ1) is 7.74. The Morgan fingerprint density at radius 2 is 2.00 bits per heavy atom. The van der Waals surface area contributed by atoms with Crippen LogP contribution in [0.3, 0.4) is 0 Å². The third-order valence-corrected chi connectivity index (χ3v) is 3.32. The van der Waals surface area contributed by atoms with Crippen LogP contribution in [0.5, 0.6) is 0 Å². The monoisotopic (exact) mass is 230 g/mol. The van der Waals surface area contributed by atoms with E-state index in [1.54, 1.807) is 6.07 Å². The third-order valence-electron chi connectivity index (χ3n) is 2.30. The molecule has 16 heavy (non-hydrogen) atoms. The van der Waals surface area contributed by atoms with E-state index in [0.717, 1.165) is 16.0 Å². The molecule has 2 rings (SSSR count). The van der Waals surface area contributed by atoms with Gasteiger partial charge in [-0.05, 0) is 17.2 Å². The molecule has 0 amide bonds. The van der Waals surface area contributed by atoms with Crippen LogP contribution >= 0.6 is 11.3 Å². The van der Waals surface area contributed by atoms with Crippen molar-refractivity contribution in [1.29, 1.82) is 5.26 Å². The summed E-state index contributed by atoms with van der Waals surface area (Å²) in [6.07, 6.45) is 0. The van der Waals surface area contributed by atoms with Crippen LogP contribution in [0.1, 0.15) is 11.1 Å². The summed E-state index contributed by atoms with van der Waals surface area (Å²) >= 11 is 1.40. The topological polar surface area (TPSA) is 70.0 Å². The van der Waals surface area contributed by atoms with Gasteiger partial charge >= 0.3 is 0 Å². The quantitative estimate of drug-likeness (QED) is 0.832. The van der Waals surface area contributed by atoms with Crippen molar-refractivity contribution in [2.75, 3.05) is 5.73 Å². The largest absolute Gasteiger partial charge is 0.392 e. The second-order valence-electron chi connectivity index (χ2n) is 3.36. The molecule has 0 fully saturated rings. The Morgan fingerprint density at radius 1 is 1.31 bits per heavy atom. The fourth-order valence-electron chi connectivity index (χ4n) is 1.41. The molecule has 0 aliphatic heterocycles. The highest BCUT2D eigenvalue weighted by molar-refractivity contribution is 7.19. The number of anilines is 1. The number of nitrogen functional groups attached to an aromatic ring is 1. The van der Waals surface area contributed by atoms with E-state index in [2.05, 4.69) is 6.07 Å². The molecule has 0 unspecified atom stereocenters. The molecule has 1 aromatic carbocycles. The zero-order valence-electron chi connectivity index (χ0n) is 8.47. The van der Waals surface area contributed by atoms with Crippen molar-refractivity contribution in [2.24, 2.45) is 0 Å². The summed E-state index contributed by atoms with van der Waals surface area (Å²) in [5, 5.41) is 18.3. The summed E-state index contributed by atoms with van der Waals surface area (Å²) in [5.74, 6) is 0. The number of nitrogens with two attached hydrogens (primary N) is 1. The van der Waals surface area contributed by atoms with Gasteiger partial charge in [-0.2, -0.15) is 5.26 Å². The summed E-state index contributed by atoms with van der Waals surface area (Å²) in [6, 6.07) is 11.4. The lowest BCUT2D eigenvalue weighted by Gasteiger charge is -1.98. The third kappa shape index (κ3) is 1.91. The van der Waals surface area contributed by atoms with Crippen molar-refractivity contribution in [3.8, 4) is 16.5 Å². The Morgan fingerprint density at radius 3 is 2.50 bits per heavy atom. The number of thiophene rings is 1. The van der Waals surface area contributed by atoms with Gasteiger partial charge < -0.3 is 10.8 Å². The van der Waals surface area contributed by atoms with Gasteiger partial charge in [-0.1, -0.05) is 24.3 Å². The summed E-state index contributed by atoms with van der Waals surface area (Å²) in [5.41, 5.74) is 8.10. The predicted octanol–water partition coefficient (Wildman–Crippen LogP) is 2.36. The Labute approximate surface area is 97.4 Å². The molecule has 4 heteroatoms. The van der Waals surface area contributed by atoms with Gasteiger partial charge in [0, 0.05) is 4.88 Å². The lowest BCUT2D eigenvalue weighted by molar-refractivity contribution is 0.282. The van der Waals surface area contributed by atoms with Crippen LogP contribution in [0, 0.1) is 11.3 Å². The minimum atomic E-state index is 0.0380. The van der Waals surface area contributed by atoms with E-state index in [1.807, 2.05) is 24.3 Å². The zero-order valence-corrected chi connectivity index (χ0v) is 9.29. The molecule has 0 saturated carbocycles. The SMILES string of the molecule is N#Cc1cc(-c2ccc(CO)cc2)sc1N. The average Bonchev–Trinajstić information content (AvgIpc) is 2.71. The number of nitriles is 1. The lowest BCUT2D eigenvalue weighted by Crippen LogP contribution is -1.81. The molecule has 0 radical (unpaired) electrons. The normalized spacial score (nSPS) is 10.0. The van der Waals surface area contributed by atoms with Crippen LogP contribution in [0.25, 0.3) is 10.4 Å². The fourth-order valence-corrected chi connectivity index (χ4v) is 2.29. The van der Waals surface area contributed by atoms with Crippen LogP contribution in [-0.2, 0) is 6.61 Å². The second kappa shape index (κ2) is 4.35. The second-order valence-corrected chi connectivity index (χ2v) is 4.44. The van der Waals surface area contributed by atoms with Gasteiger partial charge in [0.05, 0.1) is 12.2 Å². The molecule has 0 spiro atoms. The van der Waals surface area contributed by atoms with Crippen molar-refractivity contribution in [3.63, 3.8) is 0 Å². The van der Waals surface area contributed by atoms with Crippen molar-refractivity contribution < 1.29 is 5.11 Å². The van der Waals surface area contributed by atoms with E-state index >= 15 is 0 Å². The lowest BCUT2D eigenvalue weighted by atomic mass is 10.1. The maximum absolute atomic E-state index is 8.92. The van der Waals surface area contributed by atoms with Crippen LogP contribution in [0.15, 0.2) is 30.3 Å². The Bertz CT molecular complexity index is 537. The molecule has 0 aliphatic carbocycles. The molecule has 0 aliphatic rings. The van der Waals surface area contributed by atoms with Crippen LogP contribution in [-0.4, -0.2) is 5.11 Å². The number of benzene rings is 1. The molecule has 0 atom stereocenters. The maximum Gasteiger partial charge on any atom is 0.104 e. The van der Waals surface area contributed by atoms with E-state index in [0.29, 0.717) is 10.6 Å². The number of nitrogens with zero attached hydrogens (tertiary/aromatic N) is 1. The summed E-state index contributed by atoms with van der Waals surface area (Å²) < 4.78 is 0. The van der Waals surface area contributed by atoms with Gasteiger partial charge in [0.2, 0.25) is 0 Å². The van der Waals surface area contributed by atoms with Crippen molar-refractivity contribution in [3.05, 3.63) is 41.5 Å². The highest BCUT2D eigenvalue weighted by atomic mass is 32.1. The van der Waals surface area contributed by atoms with Gasteiger partial charge in [-0.25, -0.2) is 0 Å². The van der Waals surface area contributed by atoms with E-state index in [9.17, 15) is 0 Å². The minimum Gasteiger partial charge on any atom is -0.392 e. The van der Waals surface area contributed by atoms with E-state index < -0.39 is 0 Å². The van der Waals surface area contributed by atoms with Crippen LogP contribution < -0.4 is 5.73 Å². The minimum absolute atomic E-state index is 0.0380. The number of aliphatic hydroxyl groups excluding tert-OH is 1. The van der Waals surface area contributed by atoms with E-state index in [-0.39, 0.29) is 6.61 Å². The van der Waals surface area contributed by atoms with Crippen LogP contribution in [0.2, 0.25) is 0 Å². The number of rotatable bonds is 2. The summed E-state index contributed by atoms with van der Waals surface area (Å²) in [6.45, 7) is 0.0380. The molecule has 2 aromatic rings. The highest BCUT2D eigenvalue weighted by Crippen LogP contribution is 2.32. The average molecular weight is 230 g/mol. The smallest absolute Gasteiger partial charge is 0.104 e. The number of aliphatic hydroxyl groups is 1.